The fourth-order valence-electron chi connectivity index (χ4n) is 1.94. The molecule has 6 nitrogen and oxygen atoms in total. The standard InChI is InChI=1S/C13H17BN2O4/c1-3-18-12-10(19-8-13(2,16)7-15)5-4-9-6-20-14(17)11(9)12/h4-5,17H,3,6,8,16H2,1-2H3/t13-/m0/s1. The molecule has 0 bridgehead atoms. The predicted molar refractivity (Wildman–Crippen MR) is 73.7 cm³/mol. The molecular weight excluding hydrogens is 259 g/mol. The maximum absolute atomic E-state index is 9.85. The quantitative estimate of drug-likeness (QED) is 0.730. The Morgan fingerprint density at radius 1 is 1.55 bits per heavy atom. The molecule has 1 aliphatic rings. The van der Waals surface area contributed by atoms with Crippen LogP contribution in [0.4, 0.5) is 0 Å². The van der Waals surface area contributed by atoms with E-state index >= 15 is 0 Å². The highest BCUT2D eigenvalue weighted by atomic mass is 16.5. The summed E-state index contributed by atoms with van der Waals surface area (Å²) < 4.78 is 16.3. The average molecular weight is 276 g/mol. The molecule has 0 radical (unpaired) electrons. The van der Waals surface area contributed by atoms with E-state index in [9.17, 15) is 5.02 Å². The maximum Gasteiger partial charge on any atom is 0.495 e. The Bertz CT molecular complexity index is 542. The summed E-state index contributed by atoms with van der Waals surface area (Å²) in [5, 5.41) is 18.7. The van der Waals surface area contributed by atoms with E-state index in [-0.39, 0.29) is 6.61 Å². The summed E-state index contributed by atoms with van der Waals surface area (Å²) in [5.74, 6) is 0.894. The molecule has 3 N–H and O–H groups in total. The summed E-state index contributed by atoms with van der Waals surface area (Å²) in [7, 11) is -1.02. The molecule has 1 aromatic rings. The van der Waals surface area contributed by atoms with E-state index in [2.05, 4.69) is 0 Å². The molecule has 0 saturated carbocycles. The Hall–Kier alpha value is -1.75. The van der Waals surface area contributed by atoms with Gasteiger partial charge in [0.1, 0.15) is 12.1 Å². The first-order valence-electron chi connectivity index (χ1n) is 6.39. The topological polar surface area (TPSA) is 97.7 Å². The number of benzene rings is 1. The number of nitriles is 1. The van der Waals surface area contributed by atoms with Crippen LogP contribution in [0, 0.1) is 11.3 Å². The average Bonchev–Trinajstić information content (AvgIpc) is 2.80. The fraction of sp³-hybridized carbons (Fsp3) is 0.462. The molecule has 0 fully saturated rings. The smallest absolute Gasteiger partial charge is 0.490 e. The molecule has 20 heavy (non-hydrogen) atoms. The van der Waals surface area contributed by atoms with Gasteiger partial charge in [0, 0.05) is 5.46 Å². The second-order valence-electron chi connectivity index (χ2n) is 4.88. The van der Waals surface area contributed by atoms with Crippen LogP contribution in [0.3, 0.4) is 0 Å². The van der Waals surface area contributed by atoms with Crippen molar-refractivity contribution in [1.82, 2.24) is 0 Å². The van der Waals surface area contributed by atoms with Crippen molar-refractivity contribution in [2.24, 2.45) is 5.73 Å². The number of hydrogen-bond donors (Lipinski definition) is 2. The van der Waals surface area contributed by atoms with Gasteiger partial charge in [0.25, 0.3) is 0 Å². The van der Waals surface area contributed by atoms with Crippen molar-refractivity contribution < 1.29 is 19.2 Å². The summed E-state index contributed by atoms with van der Waals surface area (Å²) in [4.78, 5) is 0. The molecule has 2 rings (SSSR count). The second kappa shape index (κ2) is 5.71. The lowest BCUT2D eigenvalue weighted by Gasteiger charge is -2.19. The molecule has 0 saturated heterocycles. The zero-order chi connectivity index (χ0) is 14.8. The predicted octanol–water partition coefficient (Wildman–Crippen LogP) is -0.0772. The Kier molecular flexibility index (Phi) is 4.19. The number of nitrogens with zero attached hydrogens (tertiary/aromatic N) is 1. The van der Waals surface area contributed by atoms with Crippen molar-refractivity contribution in [3.05, 3.63) is 17.7 Å². The highest BCUT2D eigenvalue weighted by molar-refractivity contribution is 6.62. The zero-order valence-corrected chi connectivity index (χ0v) is 11.5. The van der Waals surface area contributed by atoms with Crippen LogP contribution in [0.15, 0.2) is 12.1 Å². The van der Waals surface area contributed by atoms with E-state index in [0.717, 1.165) is 5.56 Å². The third-order valence-corrected chi connectivity index (χ3v) is 2.97. The number of fused-ring (bicyclic) bond motifs is 1. The fourth-order valence-corrected chi connectivity index (χ4v) is 1.94. The highest BCUT2D eigenvalue weighted by Crippen LogP contribution is 2.30. The van der Waals surface area contributed by atoms with Crippen molar-refractivity contribution in [3.8, 4) is 17.6 Å². The summed E-state index contributed by atoms with van der Waals surface area (Å²) in [6.07, 6.45) is 0. The monoisotopic (exact) mass is 276 g/mol. The van der Waals surface area contributed by atoms with Gasteiger partial charge in [-0.05, 0) is 25.5 Å². The van der Waals surface area contributed by atoms with Gasteiger partial charge < -0.3 is 24.9 Å². The van der Waals surface area contributed by atoms with Crippen LogP contribution in [0.5, 0.6) is 11.5 Å². The lowest BCUT2D eigenvalue weighted by molar-refractivity contribution is 0.244. The van der Waals surface area contributed by atoms with E-state index in [0.29, 0.717) is 30.2 Å². The third kappa shape index (κ3) is 2.88. The summed E-state index contributed by atoms with van der Waals surface area (Å²) in [6, 6.07) is 5.51. The first-order chi connectivity index (χ1) is 9.48. The molecule has 1 aliphatic heterocycles. The molecule has 1 aromatic carbocycles. The van der Waals surface area contributed by atoms with E-state index in [1.54, 1.807) is 13.0 Å². The zero-order valence-electron chi connectivity index (χ0n) is 11.5. The normalized spacial score (nSPS) is 16.2. The highest BCUT2D eigenvalue weighted by Gasteiger charge is 2.33. The largest absolute Gasteiger partial charge is 0.495 e. The van der Waals surface area contributed by atoms with Gasteiger partial charge in [-0.1, -0.05) is 6.07 Å². The maximum atomic E-state index is 9.85. The number of ether oxygens (including phenoxy) is 2. The molecule has 106 valence electrons. The second-order valence-corrected chi connectivity index (χ2v) is 4.88. The van der Waals surface area contributed by atoms with Crippen LogP contribution in [0.2, 0.25) is 0 Å². The first-order valence-corrected chi connectivity index (χ1v) is 6.39. The Labute approximate surface area is 118 Å². The number of nitrogens with two attached hydrogens (primary N) is 1. The molecule has 7 heteroatoms. The van der Waals surface area contributed by atoms with Gasteiger partial charge in [-0.15, -0.1) is 0 Å². The summed E-state index contributed by atoms with van der Waals surface area (Å²) in [6.45, 7) is 4.22. The minimum absolute atomic E-state index is 0.0271. The lowest BCUT2D eigenvalue weighted by atomic mass is 9.78. The van der Waals surface area contributed by atoms with Crippen molar-refractivity contribution in [2.75, 3.05) is 13.2 Å². The molecule has 1 heterocycles. The van der Waals surface area contributed by atoms with Gasteiger partial charge in [0.05, 0.1) is 19.3 Å². The number of rotatable bonds is 5. The Morgan fingerprint density at radius 3 is 2.95 bits per heavy atom. The molecular formula is C13H17BN2O4. The van der Waals surface area contributed by atoms with Crippen molar-refractivity contribution in [2.45, 2.75) is 26.0 Å². The van der Waals surface area contributed by atoms with Crippen LogP contribution < -0.4 is 20.7 Å². The van der Waals surface area contributed by atoms with Gasteiger partial charge in [0.15, 0.2) is 11.5 Å². The lowest BCUT2D eigenvalue weighted by Crippen LogP contribution is -2.41. The van der Waals surface area contributed by atoms with E-state index in [4.69, 9.17) is 25.1 Å². The Balaban J connectivity index is 2.30. The van der Waals surface area contributed by atoms with Crippen LogP contribution in [0.25, 0.3) is 0 Å². The molecule has 0 aliphatic carbocycles. The molecule has 0 amide bonds. The third-order valence-electron chi connectivity index (χ3n) is 2.97. The SMILES string of the molecule is CCOc1c(OC[C@@](C)(N)C#N)ccc2c1B(O)OC2. The molecule has 0 spiro atoms. The first kappa shape index (κ1) is 14.7. The van der Waals surface area contributed by atoms with Crippen LogP contribution in [-0.2, 0) is 11.3 Å². The van der Waals surface area contributed by atoms with Crippen molar-refractivity contribution in [1.29, 1.82) is 5.26 Å². The molecule has 0 aromatic heterocycles. The van der Waals surface area contributed by atoms with E-state index in [1.165, 1.54) is 0 Å². The van der Waals surface area contributed by atoms with Gasteiger partial charge in [-0.2, -0.15) is 5.26 Å². The van der Waals surface area contributed by atoms with Gasteiger partial charge in [-0.25, -0.2) is 0 Å². The van der Waals surface area contributed by atoms with Crippen molar-refractivity contribution >= 4 is 12.6 Å². The van der Waals surface area contributed by atoms with Crippen molar-refractivity contribution in [3.63, 3.8) is 0 Å². The van der Waals surface area contributed by atoms with Crippen LogP contribution >= 0.6 is 0 Å². The minimum atomic E-state index is -1.09. The van der Waals surface area contributed by atoms with Gasteiger partial charge in [0.2, 0.25) is 0 Å². The number of hydrogen-bond acceptors (Lipinski definition) is 6. The Morgan fingerprint density at radius 2 is 2.30 bits per heavy atom. The van der Waals surface area contributed by atoms with Crippen LogP contribution in [0.1, 0.15) is 19.4 Å². The summed E-state index contributed by atoms with van der Waals surface area (Å²) in [5.41, 5.74) is 6.09. The van der Waals surface area contributed by atoms with E-state index < -0.39 is 12.7 Å². The molecule has 0 unspecified atom stereocenters. The van der Waals surface area contributed by atoms with E-state index in [1.807, 2.05) is 19.1 Å². The minimum Gasteiger partial charge on any atom is -0.490 e. The van der Waals surface area contributed by atoms with Gasteiger partial charge >= 0.3 is 7.12 Å². The summed E-state index contributed by atoms with van der Waals surface area (Å²) >= 11 is 0. The van der Waals surface area contributed by atoms with Gasteiger partial charge in [-0.3, -0.25) is 0 Å². The van der Waals surface area contributed by atoms with Crippen LogP contribution in [-0.4, -0.2) is 30.9 Å². The molecule has 1 atom stereocenters.